The topological polar surface area (TPSA) is 63.7 Å². The summed E-state index contributed by atoms with van der Waals surface area (Å²) in [5, 5.41) is 0.0479. The van der Waals surface area contributed by atoms with Gasteiger partial charge in [-0.15, -0.1) is 0 Å². The summed E-state index contributed by atoms with van der Waals surface area (Å²) in [6, 6.07) is 5.98. The molecule has 116 valence electrons. The molecule has 0 radical (unpaired) electrons. The summed E-state index contributed by atoms with van der Waals surface area (Å²) in [5.41, 5.74) is 0.710. The van der Waals surface area contributed by atoms with Gasteiger partial charge in [0.15, 0.2) is 0 Å². The van der Waals surface area contributed by atoms with Crippen LogP contribution in [0.4, 0.5) is 4.79 Å². The molecule has 1 unspecified atom stereocenters. The molecule has 1 aromatic carbocycles. The Balaban J connectivity index is 2.23. The largest absolute Gasteiger partial charge is 0.464 e. The fourth-order valence-corrected chi connectivity index (χ4v) is 3.04. The molecule has 1 saturated heterocycles. The Morgan fingerprint density at radius 3 is 2.82 bits per heavy atom. The number of thioether (sulfide) groups is 1. The summed E-state index contributed by atoms with van der Waals surface area (Å²) >= 11 is 6.69. The maximum atomic E-state index is 12.3. The molecule has 2 amide bonds. The number of amides is 2. The van der Waals surface area contributed by atoms with Gasteiger partial charge in [0.25, 0.3) is 11.1 Å². The van der Waals surface area contributed by atoms with Gasteiger partial charge in [0, 0.05) is 5.02 Å². The van der Waals surface area contributed by atoms with Crippen LogP contribution in [-0.4, -0.2) is 34.7 Å². The van der Waals surface area contributed by atoms with Gasteiger partial charge in [0.05, 0.1) is 11.5 Å². The minimum absolute atomic E-state index is 0.192. The lowest BCUT2D eigenvalue weighted by molar-refractivity contribution is -0.150. The first kappa shape index (κ1) is 16.6. The number of halogens is 1. The number of esters is 1. The molecule has 1 aliphatic rings. The number of nitrogens with zero attached hydrogens (tertiary/aromatic N) is 1. The van der Waals surface area contributed by atoms with Gasteiger partial charge in [-0.25, -0.2) is 4.79 Å². The van der Waals surface area contributed by atoms with Gasteiger partial charge in [-0.2, -0.15) is 0 Å². The number of hydrogen-bond acceptors (Lipinski definition) is 5. The summed E-state index contributed by atoms with van der Waals surface area (Å²) in [5.74, 6) is -1.11. The second-order valence-electron chi connectivity index (χ2n) is 4.53. The number of carbonyl (C=O) groups is 3. The van der Waals surface area contributed by atoms with E-state index in [1.54, 1.807) is 37.3 Å². The Hall–Kier alpha value is -1.79. The van der Waals surface area contributed by atoms with Crippen LogP contribution in [0.25, 0.3) is 6.08 Å². The van der Waals surface area contributed by atoms with Crippen molar-refractivity contribution in [2.45, 2.75) is 19.9 Å². The molecule has 0 N–H and O–H groups in total. The lowest BCUT2D eigenvalue weighted by Crippen LogP contribution is -2.42. The second kappa shape index (κ2) is 6.98. The van der Waals surface area contributed by atoms with Crippen LogP contribution in [0.15, 0.2) is 29.2 Å². The summed E-state index contributed by atoms with van der Waals surface area (Å²) in [4.78, 5) is 37.2. The molecule has 1 heterocycles. The van der Waals surface area contributed by atoms with E-state index in [0.717, 1.165) is 16.7 Å². The van der Waals surface area contributed by atoms with E-state index < -0.39 is 23.2 Å². The predicted molar refractivity (Wildman–Crippen MR) is 85.4 cm³/mol. The number of hydrogen-bond donors (Lipinski definition) is 0. The zero-order valence-corrected chi connectivity index (χ0v) is 13.6. The normalized spacial score (nSPS) is 18.0. The summed E-state index contributed by atoms with van der Waals surface area (Å²) in [6.45, 7) is 3.33. The molecule has 1 aromatic rings. The minimum atomic E-state index is -0.947. The number of rotatable bonds is 4. The van der Waals surface area contributed by atoms with Gasteiger partial charge in [0.1, 0.15) is 6.04 Å². The molecule has 5 nitrogen and oxygen atoms in total. The molecule has 0 spiro atoms. The highest BCUT2D eigenvalue weighted by Gasteiger charge is 2.41. The van der Waals surface area contributed by atoms with E-state index in [1.807, 2.05) is 0 Å². The van der Waals surface area contributed by atoms with E-state index in [2.05, 4.69) is 0 Å². The van der Waals surface area contributed by atoms with Crippen LogP contribution < -0.4 is 0 Å². The summed E-state index contributed by atoms with van der Waals surface area (Å²) in [6.07, 6.45) is 1.58. The first-order valence-corrected chi connectivity index (χ1v) is 7.82. The fourth-order valence-electron chi connectivity index (χ4n) is 1.93. The quantitative estimate of drug-likeness (QED) is 0.622. The lowest BCUT2D eigenvalue weighted by atomic mass is 10.2. The Morgan fingerprint density at radius 2 is 2.18 bits per heavy atom. The molecule has 2 rings (SSSR count). The van der Waals surface area contributed by atoms with Crippen molar-refractivity contribution in [3.05, 3.63) is 39.8 Å². The van der Waals surface area contributed by atoms with E-state index in [-0.39, 0.29) is 11.5 Å². The van der Waals surface area contributed by atoms with Crippen molar-refractivity contribution in [1.82, 2.24) is 4.90 Å². The van der Waals surface area contributed by atoms with Crippen molar-refractivity contribution in [2.24, 2.45) is 0 Å². The van der Waals surface area contributed by atoms with E-state index >= 15 is 0 Å². The molecule has 0 saturated carbocycles. The third-order valence-corrected chi connectivity index (χ3v) is 4.10. The first-order chi connectivity index (χ1) is 10.4. The zero-order chi connectivity index (χ0) is 16.3. The van der Waals surface area contributed by atoms with Crippen molar-refractivity contribution >= 4 is 46.6 Å². The SMILES string of the molecule is CCOC(=O)C(C)N1C(=O)S/C(=C/c2cccc(Cl)c2)C1=O. The monoisotopic (exact) mass is 339 g/mol. The van der Waals surface area contributed by atoms with Crippen LogP contribution in [0.1, 0.15) is 19.4 Å². The lowest BCUT2D eigenvalue weighted by Gasteiger charge is -2.19. The highest BCUT2D eigenvalue weighted by molar-refractivity contribution is 8.18. The van der Waals surface area contributed by atoms with Crippen LogP contribution in [0.2, 0.25) is 5.02 Å². The first-order valence-electron chi connectivity index (χ1n) is 6.63. The van der Waals surface area contributed by atoms with Crippen LogP contribution in [-0.2, 0) is 14.3 Å². The molecule has 0 bridgehead atoms. The number of benzene rings is 1. The molecular weight excluding hydrogens is 326 g/mol. The Kier molecular flexibility index (Phi) is 5.26. The van der Waals surface area contributed by atoms with Crippen molar-refractivity contribution < 1.29 is 19.1 Å². The predicted octanol–water partition coefficient (Wildman–Crippen LogP) is 3.33. The standard InChI is InChI=1S/C15H14ClNO4S/c1-3-21-14(19)9(2)17-13(18)12(22-15(17)20)8-10-5-4-6-11(16)7-10/h4-9H,3H2,1-2H3/b12-8+. The molecule has 22 heavy (non-hydrogen) atoms. The van der Waals surface area contributed by atoms with Gasteiger partial charge in [-0.3, -0.25) is 14.5 Å². The van der Waals surface area contributed by atoms with E-state index in [9.17, 15) is 14.4 Å². The fraction of sp³-hybridized carbons (Fsp3) is 0.267. The molecule has 0 aromatic heterocycles. The average Bonchev–Trinajstić information content (AvgIpc) is 2.73. The molecule has 0 aliphatic carbocycles. The van der Waals surface area contributed by atoms with Gasteiger partial charge in [-0.05, 0) is 49.4 Å². The molecule has 1 aliphatic heterocycles. The Morgan fingerprint density at radius 1 is 1.45 bits per heavy atom. The van der Waals surface area contributed by atoms with Gasteiger partial charge in [-0.1, -0.05) is 23.7 Å². The molecule has 1 fully saturated rings. The maximum absolute atomic E-state index is 12.3. The van der Waals surface area contributed by atoms with Crippen LogP contribution >= 0.6 is 23.4 Å². The van der Waals surface area contributed by atoms with Crippen LogP contribution in [0.3, 0.4) is 0 Å². The Bertz CT molecular complexity index is 659. The van der Waals surface area contributed by atoms with E-state index in [0.29, 0.717) is 10.6 Å². The van der Waals surface area contributed by atoms with Crippen LogP contribution in [0, 0.1) is 0 Å². The third kappa shape index (κ3) is 3.51. The third-order valence-electron chi connectivity index (χ3n) is 2.98. The van der Waals surface area contributed by atoms with Gasteiger partial charge < -0.3 is 4.74 Å². The van der Waals surface area contributed by atoms with Crippen LogP contribution in [0.5, 0.6) is 0 Å². The Labute approximate surface area is 137 Å². The van der Waals surface area contributed by atoms with Crippen molar-refractivity contribution in [3.63, 3.8) is 0 Å². The van der Waals surface area contributed by atoms with Gasteiger partial charge >= 0.3 is 5.97 Å². The number of ether oxygens (including phenoxy) is 1. The second-order valence-corrected chi connectivity index (χ2v) is 5.96. The summed E-state index contributed by atoms with van der Waals surface area (Å²) in [7, 11) is 0. The zero-order valence-electron chi connectivity index (χ0n) is 12.0. The number of carbonyl (C=O) groups excluding carboxylic acids is 3. The maximum Gasteiger partial charge on any atom is 0.329 e. The minimum Gasteiger partial charge on any atom is -0.464 e. The van der Waals surface area contributed by atoms with Crippen molar-refractivity contribution in [1.29, 1.82) is 0 Å². The molecule has 7 heteroatoms. The van der Waals surface area contributed by atoms with E-state index in [1.165, 1.54) is 6.92 Å². The van der Waals surface area contributed by atoms with Crippen molar-refractivity contribution in [3.8, 4) is 0 Å². The van der Waals surface area contributed by atoms with Crippen molar-refractivity contribution in [2.75, 3.05) is 6.61 Å². The average molecular weight is 340 g/mol. The summed E-state index contributed by atoms with van der Waals surface area (Å²) < 4.78 is 4.85. The van der Waals surface area contributed by atoms with E-state index in [4.69, 9.17) is 16.3 Å². The highest BCUT2D eigenvalue weighted by atomic mass is 35.5. The highest BCUT2D eigenvalue weighted by Crippen LogP contribution is 2.34. The number of imide groups is 1. The molecular formula is C15H14ClNO4S. The van der Waals surface area contributed by atoms with Gasteiger partial charge in [0.2, 0.25) is 0 Å². The molecule has 1 atom stereocenters. The smallest absolute Gasteiger partial charge is 0.329 e.